The molecule has 1 aromatic carbocycles. The maximum Gasteiger partial charge on any atom is 0.125 e. The summed E-state index contributed by atoms with van der Waals surface area (Å²) in [6.45, 7) is 5.19. The summed E-state index contributed by atoms with van der Waals surface area (Å²) in [5, 5.41) is 3.50. The van der Waals surface area contributed by atoms with E-state index in [1.165, 1.54) is 18.9 Å². The molecule has 2 rings (SSSR count). The first kappa shape index (κ1) is 12.4. The van der Waals surface area contributed by atoms with Crippen LogP contribution in [0.3, 0.4) is 0 Å². The Morgan fingerprint density at radius 2 is 2.35 bits per heavy atom. The van der Waals surface area contributed by atoms with E-state index in [1.807, 2.05) is 6.07 Å². The summed E-state index contributed by atoms with van der Waals surface area (Å²) in [6, 6.07) is 7.52. The van der Waals surface area contributed by atoms with Gasteiger partial charge in [-0.1, -0.05) is 6.07 Å². The van der Waals surface area contributed by atoms with Gasteiger partial charge < -0.3 is 10.2 Å². The predicted octanol–water partition coefficient (Wildman–Crippen LogP) is 2.79. The number of rotatable bonds is 5. The van der Waals surface area contributed by atoms with Crippen molar-refractivity contribution < 1.29 is 4.39 Å². The van der Waals surface area contributed by atoms with E-state index in [0.29, 0.717) is 6.04 Å². The number of benzene rings is 1. The summed E-state index contributed by atoms with van der Waals surface area (Å²) in [7, 11) is 0. The monoisotopic (exact) mass is 236 g/mol. The van der Waals surface area contributed by atoms with Crippen LogP contribution in [0.2, 0.25) is 0 Å². The third kappa shape index (κ3) is 3.43. The van der Waals surface area contributed by atoms with E-state index < -0.39 is 0 Å². The van der Waals surface area contributed by atoms with Crippen LogP contribution in [0, 0.1) is 5.82 Å². The van der Waals surface area contributed by atoms with Gasteiger partial charge in [0.15, 0.2) is 0 Å². The Bertz CT molecular complexity index is 348. The normalized spacial score (nSPS) is 19.5. The van der Waals surface area contributed by atoms with Crippen LogP contribution in [-0.2, 0) is 0 Å². The van der Waals surface area contributed by atoms with Crippen molar-refractivity contribution in [2.45, 2.75) is 32.2 Å². The van der Waals surface area contributed by atoms with E-state index in [1.54, 1.807) is 12.1 Å². The van der Waals surface area contributed by atoms with Crippen molar-refractivity contribution >= 4 is 5.69 Å². The summed E-state index contributed by atoms with van der Waals surface area (Å²) in [4.78, 5) is 2.24. The van der Waals surface area contributed by atoms with Crippen LogP contribution in [-0.4, -0.2) is 25.7 Å². The van der Waals surface area contributed by atoms with Crippen LogP contribution in [0.1, 0.15) is 26.2 Å². The molecule has 1 saturated heterocycles. The van der Waals surface area contributed by atoms with Gasteiger partial charge in [0.05, 0.1) is 0 Å². The van der Waals surface area contributed by atoms with Crippen LogP contribution >= 0.6 is 0 Å². The topological polar surface area (TPSA) is 15.3 Å². The molecule has 1 heterocycles. The molecule has 1 aromatic rings. The van der Waals surface area contributed by atoms with Gasteiger partial charge in [-0.05, 0) is 50.9 Å². The van der Waals surface area contributed by atoms with Crippen molar-refractivity contribution in [3.8, 4) is 0 Å². The van der Waals surface area contributed by atoms with E-state index in [2.05, 4.69) is 17.1 Å². The second kappa shape index (κ2) is 6.01. The minimum Gasteiger partial charge on any atom is -0.372 e. The molecule has 94 valence electrons. The van der Waals surface area contributed by atoms with E-state index in [-0.39, 0.29) is 5.82 Å². The molecule has 1 aliphatic heterocycles. The first-order chi connectivity index (χ1) is 8.29. The highest BCUT2D eigenvalue weighted by atomic mass is 19.1. The third-order valence-corrected chi connectivity index (χ3v) is 3.46. The van der Waals surface area contributed by atoms with Crippen molar-refractivity contribution in [2.24, 2.45) is 0 Å². The molecule has 1 fully saturated rings. The molecule has 1 unspecified atom stereocenters. The SMILES string of the molecule is CCN(CCC1CCCN1)c1cccc(F)c1. The predicted molar refractivity (Wildman–Crippen MR) is 69.9 cm³/mol. The maximum atomic E-state index is 13.2. The lowest BCUT2D eigenvalue weighted by atomic mass is 10.1. The van der Waals surface area contributed by atoms with Crippen LogP contribution in [0.5, 0.6) is 0 Å². The van der Waals surface area contributed by atoms with Crippen molar-refractivity contribution in [1.82, 2.24) is 5.32 Å². The Morgan fingerprint density at radius 1 is 1.47 bits per heavy atom. The third-order valence-electron chi connectivity index (χ3n) is 3.46. The average Bonchev–Trinajstić information content (AvgIpc) is 2.83. The zero-order chi connectivity index (χ0) is 12.1. The molecule has 0 amide bonds. The summed E-state index contributed by atoms with van der Waals surface area (Å²) < 4.78 is 13.2. The Morgan fingerprint density at radius 3 is 3.00 bits per heavy atom. The molecular formula is C14H21FN2. The largest absolute Gasteiger partial charge is 0.372 e. The van der Waals surface area contributed by atoms with Gasteiger partial charge in [-0.15, -0.1) is 0 Å². The summed E-state index contributed by atoms with van der Waals surface area (Å²) in [5.74, 6) is -0.153. The Kier molecular flexibility index (Phi) is 4.37. The van der Waals surface area contributed by atoms with Gasteiger partial charge in [-0.2, -0.15) is 0 Å². The Hall–Kier alpha value is -1.09. The van der Waals surface area contributed by atoms with Gasteiger partial charge in [0.1, 0.15) is 5.82 Å². The van der Waals surface area contributed by atoms with Gasteiger partial charge in [-0.25, -0.2) is 4.39 Å². The summed E-state index contributed by atoms with van der Waals surface area (Å²) >= 11 is 0. The molecule has 2 nitrogen and oxygen atoms in total. The zero-order valence-corrected chi connectivity index (χ0v) is 10.5. The van der Waals surface area contributed by atoms with Crippen LogP contribution in [0.15, 0.2) is 24.3 Å². The smallest absolute Gasteiger partial charge is 0.125 e. The highest BCUT2D eigenvalue weighted by Crippen LogP contribution is 2.17. The van der Waals surface area contributed by atoms with Crippen molar-refractivity contribution in [3.63, 3.8) is 0 Å². The number of nitrogens with one attached hydrogen (secondary N) is 1. The molecule has 0 saturated carbocycles. The molecule has 0 spiro atoms. The minimum absolute atomic E-state index is 0.153. The molecule has 1 atom stereocenters. The quantitative estimate of drug-likeness (QED) is 0.845. The maximum absolute atomic E-state index is 13.2. The van der Waals surface area contributed by atoms with Gasteiger partial charge in [0.2, 0.25) is 0 Å². The summed E-state index contributed by atoms with van der Waals surface area (Å²) in [6.07, 6.45) is 3.71. The fourth-order valence-corrected chi connectivity index (χ4v) is 2.46. The number of halogens is 1. The van der Waals surface area contributed by atoms with Gasteiger partial charge in [0, 0.05) is 24.8 Å². The molecule has 0 radical (unpaired) electrons. The lowest BCUT2D eigenvalue weighted by molar-refractivity contribution is 0.552. The lowest BCUT2D eigenvalue weighted by Crippen LogP contribution is -2.30. The molecule has 0 aliphatic carbocycles. The summed E-state index contributed by atoms with van der Waals surface area (Å²) in [5.41, 5.74) is 0.991. The first-order valence-corrected chi connectivity index (χ1v) is 6.53. The van der Waals surface area contributed by atoms with Gasteiger partial charge >= 0.3 is 0 Å². The van der Waals surface area contributed by atoms with E-state index in [9.17, 15) is 4.39 Å². The number of nitrogens with zero attached hydrogens (tertiary/aromatic N) is 1. The molecule has 1 N–H and O–H groups in total. The lowest BCUT2D eigenvalue weighted by Gasteiger charge is -2.24. The molecule has 1 aliphatic rings. The first-order valence-electron chi connectivity index (χ1n) is 6.53. The number of hydrogen-bond donors (Lipinski definition) is 1. The van der Waals surface area contributed by atoms with Crippen molar-refractivity contribution in [3.05, 3.63) is 30.1 Å². The standard InChI is InChI=1S/C14H21FN2/c1-2-17(10-8-13-6-4-9-16-13)14-7-3-5-12(15)11-14/h3,5,7,11,13,16H,2,4,6,8-10H2,1H3. The molecular weight excluding hydrogens is 215 g/mol. The fourth-order valence-electron chi connectivity index (χ4n) is 2.46. The average molecular weight is 236 g/mol. The van der Waals surface area contributed by atoms with E-state index in [0.717, 1.165) is 31.7 Å². The van der Waals surface area contributed by atoms with Crippen LogP contribution < -0.4 is 10.2 Å². The van der Waals surface area contributed by atoms with Crippen LogP contribution in [0.4, 0.5) is 10.1 Å². The van der Waals surface area contributed by atoms with Gasteiger partial charge in [0.25, 0.3) is 0 Å². The second-order valence-electron chi connectivity index (χ2n) is 4.64. The molecule has 0 bridgehead atoms. The van der Waals surface area contributed by atoms with Gasteiger partial charge in [-0.3, -0.25) is 0 Å². The second-order valence-corrected chi connectivity index (χ2v) is 4.64. The van der Waals surface area contributed by atoms with Crippen molar-refractivity contribution in [1.29, 1.82) is 0 Å². The molecule has 17 heavy (non-hydrogen) atoms. The number of anilines is 1. The highest BCUT2D eigenvalue weighted by Gasteiger charge is 2.15. The number of hydrogen-bond acceptors (Lipinski definition) is 2. The Labute approximate surface area is 103 Å². The Balaban J connectivity index is 1.91. The van der Waals surface area contributed by atoms with Crippen LogP contribution in [0.25, 0.3) is 0 Å². The van der Waals surface area contributed by atoms with E-state index >= 15 is 0 Å². The zero-order valence-electron chi connectivity index (χ0n) is 10.5. The molecule has 0 aromatic heterocycles. The highest BCUT2D eigenvalue weighted by molar-refractivity contribution is 5.46. The van der Waals surface area contributed by atoms with E-state index in [4.69, 9.17) is 0 Å². The van der Waals surface area contributed by atoms with Crippen molar-refractivity contribution in [2.75, 3.05) is 24.5 Å². The minimum atomic E-state index is -0.153. The fraction of sp³-hybridized carbons (Fsp3) is 0.571. The molecule has 3 heteroatoms.